The fraction of sp³-hybridized carbons (Fsp3) is 1.00. The highest BCUT2D eigenvalue weighted by Crippen LogP contribution is 2.38. The summed E-state index contributed by atoms with van der Waals surface area (Å²) in [5.74, 6) is 0. The van der Waals surface area contributed by atoms with Crippen LogP contribution in [0.4, 0.5) is 26.3 Å². The van der Waals surface area contributed by atoms with E-state index < -0.39 is 45.2 Å². The fourth-order valence-electron chi connectivity index (χ4n) is 1.02. The fourth-order valence-corrected chi connectivity index (χ4v) is 9.17. The van der Waals surface area contributed by atoms with Crippen molar-refractivity contribution in [3.05, 3.63) is 4.13 Å². The third kappa shape index (κ3) is 10.8. The molecule has 16 heteroatoms. The lowest BCUT2D eigenvalue weighted by Crippen LogP contribution is -2.30. The Hall–Kier alpha value is 0.0100. The maximum Gasteiger partial charge on any atom is 0.480 e. The van der Waals surface area contributed by atoms with E-state index in [1.807, 2.05) is 0 Å². The molecule has 0 aliphatic heterocycles. The van der Waals surface area contributed by atoms with Gasteiger partial charge < -0.3 is 4.13 Å². The van der Waals surface area contributed by atoms with Gasteiger partial charge in [0.1, 0.15) is 0 Å². The topological polar surface area (TPSA) is 96.5 Å². The third-order valence-electron chi connectivity index (χ3n) is 1.32. The molecule has 0 aromatic heterocycles. The molecule has 0 aliphatic rings. The first kappa shape index (κ1) is 26.2. The van der Waals surface area contributed by atoms with Crippen LogP contribution in [-0.2, 0) is 20.0 Å². The molecule has 148 valence electrons. The van der Waals surface area contributed by atoms with Gasteiger partial charge >= 0.3 is 11.0 Å². The Kier molecular flexibility index (Phi) is 8.44. The molecule has 0 amide bonds. The van der Waals surface area contributed by atoms with Gasteiger partial charge in [0.05, 0.1) is 0 Å². The van der Waals surface area contributed by atoms with Crippen LogP contribution in [0.5, 0.6) is 0 Å². The molecule has 24 heavy (non-hydrogen) atoms. The highest BCUT2D eigenvalue weighted by atomic mass is 32.3. The van der Waals surface area contributed by atoms with E-state index in [1.165, 1.54) is 0 Å². The van der Waals surface area contributed by atoms with Gasteiger partial charge in [-0.1, -0.05) is 0 Å². The standard InChI is InChI=1S/C6H18NP2.C2F6NO4S2/c1-8(2,3)7-9(4,5)6;3-1(4,5)14(10,11)9-15(12,13)2(6,7)8/h1-6H3;/q+1;-1. The minimum absolute atomic E-state index is 0.778. The van der Waals surface area contributed by atoms with Crippen molar-refractivity contribution in [1.82, 2.24) is 4.17 Å². The van der Waals surface area contributed by atoms with Crippen LogP contribution in [0.3, 0.4) is 0 Å². The summed E-state index contributed by atoms with van der Waals surface area (Å²) in [5.41, 5.74) is -12.4. The van der Waals surface area contributed by atoms with Gasteiger partial charge in [-0.3, -0.25) is 0 Å². The molecule has 0 radical (unpaired) electrons. The molecule has 0 saturated heterocycles. The Morgan fingerprint density at radius 2 is 0.875 bits per heavy atom. The summed E-state index contributed by atoms with van der Waals surface area (Å²) in [5, 5.41) is 0. The van der Waals surface area contributed by atoms with Gasteiger partial charge in [-0.25, -0.2) is 16.8 Å². The largest absolute Gasteiger partial charge is 0.480 e. The second kappa shape index (κ2) is 7.72. The Bertz CT molecular complexity index is 688. The van der Waals surface area contributed by atoms with E-state index in [1.54, 1.807) is 0 Å². The maximum absolute atomic E-state index is 11.4. The average Bonchev–Trinajstić information content (AvgIpc) is 2.05. The summed E-state index contributed by atoms with van der Waals surface area (Å²) < 4.78 is 114. The van der Waals surface area contributed by atoms with Crippen molar-refractivity contribution in [2.24, 2.45) is 0 Å². The summed E-state index contributed by atoms with van der Waals surface area (Å²) >= 11 is 0. The SMILES string of the molecule is CP(C)(C)=[N+]=P(C)(C)C.O=S(=O)([N-]S(=O)(=O)C(F)(F)F)C(F)(F)F. The van der Waals surface area contributed by atoms with E-state index in [0.29, 0.717) is 0 Å². The predicted molar refractivity (Wildman–Crippen MR) is 84.8 cm³/mol. The number of rotatable bonds is 2. The van der Waals surface area contributed by atoms with Gasteiger partial charge in [-0.2, -0.15) is 30.5 Å². The zero-order valence-electron chi connectivity index (χ0n) is 13.5. The lowest BCUT2D eigenvalue weighted by atomic mass is 11.6. The lowest BCUT2D eigenvalue weighted by Gasteiger charge is -2.22. The molecular formula is C8H18F6N2O4P2S2. The number of alkyl halides is 6. The Morgan fingerprint density at radius 1 is 0.667 bits per heavy atom. The second-order valence-corrected chi connectivity index (χ2v) is 17.8. The molecule has 0 heterocycles. The third-order valence-corrected chi connectivity index (χ3v) is 8.35. The molecule has 0 aromatic rings. The maximum atomic E-state index is 11.4. The zero-order valence-corrected chi connectivity index (χ0v) is 16.9. The van der Waals surface area contributed by atoms with E-state index in [2.05, 4.69) is 40.0 Å². The van der Waals surface area contributed by atoms with Gasteiger partial charge in [-0.15, -0.1) is 0 Å². The molecule has 0 spiro atoms. The Labute approximate surface area is 137 Å². The van der Waals surface area contributed by atoms with E-state index in [4.69, 9.17) is 4.17 Å². The molecule has 0 aromatic carbocycles. The van der Waals surface area contributed by atoms with Crippen LogP contribution in [0.2, 0.25) is 0 Å². The number of halogens is 6. The molecule has 0 fully saturated rings. The van der Waals surface area contributed by atoms with Crippen LogP contribution < -0.4 is 4.17 Å². The monoisotopic (exact) mass is 446 g/mol. The molecule has 0 aliphatic carbocycles. The average molecular weight is 446 g/mol. The Morgan fingerprint density at radius 3 is 0.958 bits per heavy atom. The summed E-state index contributed by atoms with van der Waals surface area (Å²) in [7, 11) is -15.2. The second-order valence-electron chi connectivity index (χ2n) is 5.89. The van der Waals surface area contributed by atoms with Gasteiger partial charge in [0.2, 0.25) is 14.1 Å². The van der Waals surface area contributed by atoms with Crippen LogP contribution >= 0.6 is 14.1 Å². The molecule has 0 rings (SSSR count). The van der Waals surface area contributed by atoms with Gasteiger partial charge in [-0.05, 0) is 0 Å². The molecule has 0 unspecified atom stereocenters. The van der Waals surface area contributed by atoms with E-state index in [-0.39, 0.29) is 0 Å². The van der Waals surface area contributed by atoms with Crippen LogP contribution in [0.15, 0.2) is 0 Å². The smallest absolute Gasteiger partial charge is 0.421 e. The van der Waals surface area contributed by atoms with Crippen molar-refractivity contribution in [3.63, 3.8) is 0 Å². The molecule has 0 atom stereocenters. The predicted octanol–water partition coefficient (Wildman–Crippen LogP) is 3.29. The highest BCUT2D eigenvalue weighted by molar-refractivity contribution is 8.13. The van der Waals surface area contributed by atoms with Crippen molar-refractivity contribution in [2.45, 2.75) is 11.0 Å². The molecule has 6 nitrogen and oxygen atoms in total. The first-order chi connectivity index (χ1) is 9.91. The zero-order chi connectivity index (χ0) is 20.4. The number of hydrogen-bond donors (Lipinski definition) is 0. The van der Waals surface area contributed by atoms with E-state index >= 15 is 0 Å². The summed E-state index contributed by atoms with van der Waals surface area (Å²) in [6.45, 7) is 13.6. The summed E-state index contributed by atoms with van der Waals surface area (Å²) in [6.07, 6.45) is 0. The van der Waals surface area contributed by atoms with Gasteiger partial charge in [0.15, 0.2) is 20.0 Å². The molecule has 0 saturated carbocycles. The van der Waals surface area contributed by atoms with Crippen molar-refractivity contribution in [3.8, 4) is 0 Å². The van der Waals surface area contributed by atoms with Crippen molar-refractivity contribution in [1.29, 1.82) is 0 Å². The number of nitrogens with zero attached hydrogens (tertiary/aromatic N) is 2. The molecule has 0 bridgehead atoms. The highest BCUT2D eigenvalue weighted by Gasteiger charge is 2.46. The summed E-state index contributed by atoms with van der Waals surface area (Å²) in [4.78, 5) is 0. The minimum atomic E-state index is -6.72. The van der Waals surface area contributed by atoms with Crippen LogP contribution in [0, 0.1) is 0 Å². The van der Waals surface area contributed by atoms with Crippen LogP contribution in [-0.4, -0.2) is 67.8 Å². The van der Waals surface area contributed by atoms with Crippen LogP contribution in [0.1, 0.15) is 0 Å². The first-order valence-electron chi connectivity index (χ1n) is 5.66. The van der Waals surface area contributed by atoms with Gasteiger partial charge in [0.25, 0.3) is 0 Å². The Balaban J connectivity index is 0. The molecule has 0 N–H and O–H groups in total. The number of hydrogen-bond acceptors (Lipinski definition) is 4. The van der Waals surface area contributed by atoms with Gasteiger partial charge in [0, 0.05) is 40.0 Å². The van der Waals surface area contributed by atoms with E-state index in [0.717, 1.165) is 4.13 Å². The lowest BCUT2D eigenvalue weighted by molar-refractivity contribution is -0.0444. The van der Waals surface area contributed by atoms with Crippen molar-refractivity contribution < 1.29 is 43.2 Å². The molecular weight excluding hydrogens is 428 g/mol. The normalized spacial score (nSPS) is 14.5. The van der Waals surface area contributed by atoms with E-state index in [9.17, 15) is 43.2 Å². The first-order valence-corrected chi connectivity index (χ1v) is 14.7. The number of sulfonamides is 2. The van der Waals surface area contributed by atoms with Crippen molar-refractivity contribution in [2.75, 3.05) is 40.0 Å². The minimum Gasteiger partial charge on any atom is -0.421 e. The quantitative estimate of drug-likeness (QED) is 0.369. The van der Waals surface area contributed by atoms with Crippen molar-refractivity contribution >= 4 is 34.2 Å². The van der Waals surface area contributed by atoms with Crippen LogP contribution in [0.25, 0.3) is 4.13 Å². The summed E-state index contributed by atoms with van der Waals surface area (Å²) in [6, 6.07) is 0.